The van der Waals surface area contributed by atoms with Gasteiger partial charge < -0.3 is 9.59 Å². The van der Waals surface area contributed by atoms with Crippen LogP contribution in [0.5, 0.6) is 0 Å². The zero-order valence-corrected chi connectivity index (χ0v) is 18.9. The molecule has 2 heteroatoms. The van der Waals surface area contributed by atoms with Crippen molar-refractivity contribution in [3.63, 3.8) is 0 Å². The molecule has 0 spiro atoms. The maximum absolute atomic E-state index is 11.7. The van der Waals surface area contributed by atoms with Gasteiger partial charge in [0, 0.05) is 18.8 Å². The van der Waals surface area contributed by atoms with Crippen molar-refractivity contribution >= 4 is 0 Å². The maximum Gasteiger partial charge on any atom is 0.140 e. The zero-order chi connectivity index (χ0) is 22.0. The van der Waals surface area contributed by atoms with E-state index >= 15 is 0 Å². The van der Waals surface area contributed by atoms with E-state index < -0.39 is 5.60 Å². The third-order valence-electron chi connectivity index (χ3n) is 7.45. The highest BCUT2D eigenvalue weighted by molar-refractivity contribution is 5.80. The molecule has 32 heavy (non-hydrogen) atoms. The van der Waals surface area contributed by atoms with E-state index in [1.165, 1.54) is 38.0 Å². The molecule has 0 amide bonds. The Morgan fingerprint density at radius 1 is 0.875 bits per heavy atom. The first-order valence-electron chi connectivity index (χ1n) is 11.9. The predicted octanol–water partition coefficient (Wildman–Crippen LogP) is 5.71. The first-order valence-corrected chi connectivity index (χ1v) is 11.9. The average molecular weight is 423 g/mol. The summed E-state index contributed by atoms with van der Waals surface area (Å²) in [5.74, 6) is 7.53. The van der Waals surface area contributed by atoms with Crippen molar-refractivity contribution in [3.05, 3.63) is 95.6 Å². The number of hydrogen-bond acceptors (Lipinski definition) is 1. The number of fused-ring (bicyclic) bond motifs is 3. The Balaban J connectivity index is 1.35. The summed E-state index contributed by atoms with van der Waals surface area (Å²) in [5.41, 5.74) is 4.67. The minimum absolute atomic E-state index is 0.440. The first-order chi connectivity index (χ1) is 15.7. The molecule has 0 aromatic heterocycles. The molecular formula is C30H32NO+. The minimum atomic E-state index is -1.02. The van der Waals surface area contributed by atoms with Crippen molar-refractivity contribution in [2.45, 2.75) is 37.7 Å². The van der Waals surface area contributed by atoms with E-state index in [1.54, 1.807) is 0 Å². The van der Waals surface area contributed by atoms with Gasteiger partial charge in [-0.25, -0.2) is 0 Å². The summed E-state index contributed by atoms with van der Waals surface area (Å²) >= 11 is 0. The van der Waals surface area contributed by atoms with Crippen LogP contribution in [0.4, 0.5) is 0 Å². The largest absolute Gasteiger partial charge is 0.379 e. The van der Waals surface area contributed by atoms with Crippen LogP contribution in [0.3, 0.4) is 0 Å². The molecule has 3 aromatic carbocycles. The van der Waals surface area contributed by atoms with Crippen LogP contribution in [0.15, 0.2) is 78.9 Å². The van der Waals surface area contributed by atoms with Gasteiger partial charge in [0.2, 0.25) is 0 Å². The molecule has 3 aromatic rings. The molecule has 2 nitrogen and oxygen atoms in total. The Bertz CT molecular complexity index is 1110. The number of hydrogen-bond donors (Lipinski definition) is 1. The molecule has 1 N–H and O–H groups in total. The third kappa shape index (κ3) is 3.66. The van der Waals surface area contributed by atoms with E-state index in [9.17, 15) is 5.11 Å². The molecule has 1 fully saturated rings. The van der Waals surface area contributed by atoms with Crippen molar-refractivity contribution < 1.29 is 9.59 Å². The van der Waals surface area contributed by atoms with Crippen LogP contribution in [-0.2, 0) is 5.60 Å². The van der Waals surface area contributed by atoms with Gasteiger partial charge >= 0.3 is 0 Å². The normalized spacial score (nSPS) is 22.6. The quantitative estimate of drug-likeness (QED) is 0.412. The number of quaternary nitrogens is 1. The van der Waals surface area contributed by atoms with Crippen molar-refractivity contribution in [2.75, 3.05) is 26.2 Å². The highest BCUT2D eigenvalue weighted by Gasteiger charge is 2.41. The van der Waals surface area contributed by atoms with Crippen LogP contribution in [-0.4, -0.2) is 35.8 Å². The summed E-state index contributed by atoms with van der Waals surface area (Å²) in [6.07, 6.45) is 2.85. The van der Waals surface area contributed by atoms with Crippen molar-refractivity contribution in [2.24, 2.45) is 0 Å². The zero-order valence-electron chi connectivity index (χ0n) is 18.9. The Kier molecular flexibility index (Phi) is 5.64. The van der Waals surface area contributed by atoms with Crippen molar-refractivity contribution in [3.8, 4) is 23.0 Å². The van der Waals surface area contributed by atoms with Gasteiger partial charge in [-0.15, -0.1) is 0 Å². The van der Waals surface area contributed by atoms with E-state index in [0.29, 0.717) is 12.3 Å². The van der Waals surface area contributed by atoms with E-state index in [1.807, 2.05) is 36.4 Å². The fourth-order valence-corrected chi connectivity index (χ4v) is 5.88. The van der Waals surface area contributed by atoms with Gasteiger partial charge in [-0.1, -0.05) is 91.7 Å². The van der Waals surface area contributed by atoms with Gasteiger partial charge in [0.25, 0.3) is 0 Å². The second kappa shape index (κ2) is 8.58. The molecule has 1 saturated heterocycles. The molecule has 5 rings (SSSR count). The Morgan fingerprint density at radius 3 is 2.16 bits per heavy atom. The van der Waals surface area contributed by atoms with Gasteiger partial charge in [-0.2, -0.15) is 0 Å². The number of rotatable bonds is 5. The molecule has 0 unspecified atom stereocenters. The number of likely N-dealkylation sites (tertiary alicyclic amines) is 1. The fourth-order valence-electron chi connectivity index (χ4n) is 5.88. The maximum atomic E-state index is 11.7. The second-order valence-corrected chi connectivity index (χ2v) is 9.51. The standard InChI is InChI=1S/C30H32NO/c1-2-20-31(22-18-25(23-31)24-12-4-3-5-13-24)21-11-10-19-30(32)28-16-8-6-14-26(28)27-15-7-9-17-29(27)30/h3-9,12-17,25,32H,2,18-23H2,1H3/q+1/t25-,31+/m1/s1. The molecule has 0 saturated carbocycles. The van der Waals surface area contributed by atoms with Gasteiger partial charge in [-0.05, 0) is 40.2 Å². The fraction of sp³-hybridized carbons (Fsp3) is 0.333. The summed E-state index contributed by atoms with van der Waals surface area (Å²) in [5, 5.41) is 11.7. The molecule has 1 aliphatic carbocycles. The lowest BCUT2D eigenvalue weighted by Crippen LogP contribution is -2.46. The second-order valence-electron chi connectivity index (χ2n) is 9.51. The summed E-state index contributed by atoms with van der Waals surface area (Å²) < 4.78 is 1.08. The molecule has 162 valence electrons. The summed E-state index contributed by atoms with van der Waals surface area (Å²) in [7, 11) is 0. The summed E-state index contributed by atoms with van der Waals surface area (Å²) in [6.45, 7) is 6.68. The van der Waals surface area contributed by atoms with E-state index in [-0.39, 0.29) is 0 Å². The van der Waals surface area contributed by atoms with Crippen LogP contribution in [0.2, 0.25) is 0 Å². The lowest BCUT2D eigenvalue weighted by atomic mass is 9.88. The highest BCUT2D eigenvalue weighted by atomic mass is 16.3. The molecule has 1 aliphatic heterocycles. The third-order valence-corrected chi connectivity index (χ3v) is 7.45. The van der Waals surface area contributed by atoms with Crippen molar-refractivity contribution in [1.29, 1.82) is 0 Å². The highest BCUT2D eigenvalue weighted by Crippen LogP contribution is 2.48. The number of benzene rings is 3. The van der Waals surface area contributed by atoms with Crippen LogP contribution >= 0.6 is 0 Å². The Labute approximate surface area is 192 Å². The molecule has 1 heterocycles. The molecule has 2 aliphatic rings. The van der Waals surface area contributed by atoms with Gasteiger partial charge in [0.15, 0.2) is 0 Å². The van der Waals surface area contributed by atoms with E-state index in [2.05, 4.69) is 61.2 Å². The monoisotopic (exact) mass is 422 g/mol. The lowest BCUT2D eigenvalue weighted by Gasteiger charge is -2.32. The van der Waals surface area contributed by atoms with Crippen LogP contribution in [0.25, 0.3) is 11.1 Å². The minimum Gasteiger partial charge on any atom is -0.379 e. The lowest BCUT2D eigenvalue weighted by molar-refractivity contribution is -0.910. The smallest absolute Gasteiger partial charge is 0.140 e. The van der Waals surface area contributed by atoms with Crippen LogP contribution in [0.1, 0.15) is 48.8 Å². The van der Waals surface area contributed by atoms with Crippen molar-refractivity contribution in [1.82, 2.24) is 0 Å². The SMILES string of the molecule is CCC[N@+]1(CC#CCC2(O)c3ccccc3-c3ccccc32)CC[C@@H](c2ccccc2)C1. The number of nitrogens with zero attached hydrogens (tertiary/aromatic N) is 1. The Hall–Kier alpha value is -2.86. The average Bonchev–Trinajstić information content (AvgIpc) is 3.37. The van der Waals surface area contributed by atoms with Crippen LogP contribution < -0.4 is 0 Å². The van der Waals surface area contributed by atoms with Gasteiger partial charge in [-0.3, -0.25) is 0 Å². The topological polar surface area (TPSA) is 20.2 Å². The molecule has 0 bridgehead atoms. The first kappa shape index (κ1) is 21.0. The van der Waals surface area contributed by atoms with Gasteiger partial charge in [0.1, 0.15) is 12.1 Å². The molecular weight excluding hydrogens is 390 g/mol. The molecule has 2 atom stereocenters. The summed E-state index contributed by atoms with van der Waals surface area (Å²) in [4.78, 5) is 0. The van der Waals surface area contributed by atoms with Gasteiger partial charge in [0.05, 0.1) is 19.6 Å². The Morgan fingerprint density at radius 2 is 1.50 bits per heavy atom. The summed E-state index contributed by atoms with van der Waals surface area (Å²) in [6, 6.07) is 27.4. The predicted molar refractivity (Wildman–Crippen MR) is 131 cm³/mol. The van der Waals surface area contributed by atoms with Crippen LogP contribution in [0, 0.1) is 11.8 Å². The molecule has 0 radical (unpaired) electrons. The van der Waals surface area contributed by atoms with E-state index in [0.717, 1.165) is 33.3 Å². The number of aliphatic hydroxyl groups is 1. The van der Waals surface area contributed by atoms with E-state index in [4.69, 9.17) is 0 Å².